The van der Waals surface area contributed by atoms with Crippen LogP contribution in [0.15, 0.2) is 0 Å². The van der Waals surface area contributed by atoms with E-state index in [2.05, 4.69) is 17.6 Å². The third-order valence-electron chi connectivity index (χ3n) is 4.57. The number of hydrogen-bond donors (Lipinski definition) is 3. The zero-order valence-corrected chi connectivity index (χ0v) is 13.7. The van der Waals surface area contributed by atoms with Crippen LogP contribution in [0.5, 0.6) is 0 Å². The number of rotatable bonds is 7. The van der Waals surface area contributed by atoms with E-state index in [-0.39, 0.29) is 24.3 Å². The molecule has 5 heteroatoms. The van der Waals surface area contributed by atoms with E-state index in [0.29, 0.717) is 6.54 Å². The van der Waals surface area contributed by atoms with Crippen LogP contribution >= 0.6 is 0 Å². The van der Waals surface area contributed by atoms with E-state index in [4.69, 9.17) is 5.73 Å². The molecule has 1 fully saturated rings. The number of hydrogen-bond acceptors (Lipinski definition) is 3. The largest absolute Gasteiger partial charge is 0.355 e. The molecule has 0 aromatic rings. The van der Waals surface area contributed by atoms with Gasteiger partial charge in [-0.05, 0) is 24.2 Å². The fraction of sp³-hybridized carbons (Fsp3) is 0.875. The average molecular weight is 297 g/mol. The van der Waals surface area contributed by atoms with Crippen molar-refractivity contribution in [2.45, 2.75) is 58.9 Å². The second-order valence-electron chi connectivity index (χ2n) is 6.65. The van der Waals surface area contributed by atoms with Crippen molar-refractivity contribution in [3.05, 3.63) is 0 Å². The summed E-state index contributed by atoms with van der Waals surface area (Å²) in [5.74, 6) is 1.16. The van der Waals surface area contributed by atoms with Gasteiger partial charge in [-0.3, -0.25) is 9.59 Å². The molecule has 21 heavy (non-hydrogen) atoms. The minimum Gasteiger partial charge on any atom is -0.355 e. The highest BCUT2D eigenvalue weighted by molar-refractivity contribution is 5.87. The Morgan fingerprint density at radius 2 is 1.86 bits per heavy atom. The van der Waals surface area contributed by atoms with Crippen molar-refractivity contribution < 1.29 is 9.59 Å². The third-order valence-corrected chi connectivity index (χ3v) is 4.57. The first-order valence-electron chi connectivity index (χ1n) is 8.21. The first-order valence-corrected chi connectivity index (χ1v) is 8.21. The van der Waals surface area contributed by atoms with Gasteiger partial charge in [0.25, 0.3) is 0 Å². The van der Waals surface area contributed by atoms with E-state index < -0.39 is 6.04 Å². The quantitative estimate of drug-likeness (QED) is 0.664. The van der Waals surface area contributed by atoms with Gasteiger partial charge in [0, 0.05) is 6.54 Å². The molecule has 0 heterocycles. The van der Waals surface area contributed by atoms with Crippen molar-refractivity contribution in [2.75, 3.05) is 13.1 Å². The Balaban J connectivity index is 2.15. The normalized spacial score (nSPS) is 23.7. The van der Waals surface area contributed by atoms with Crippen LogP contribution in [0, 0.1) is 17.8 Å². The van der Waals surface area contributed by atoms with E-state index >= 15 is 0 Å². The molecular formula is C16H31N3O2. The fourth-order valence-electron chi connectivity index (χ4n) is 2.87. The lowest BCUT2D eigenvalue weighted by Gasteiger charge is -2.28. The van der Waals surface area contributed by atoms with Crippen LogP contribution in [-0.2, 0) is 9.59 Å². The lowest BCUT2D eigenvalue weighted by atomic mass is 9.79. The van der Waals surface area contributed by atoms with E-state index in [1.54, 1.807) is 0 Å². The van der Waals surface area contributed by atoms with Crippen LogP contribution in [0.3, 0.4) is 0 Å². The standard InChI is InChI=1S/C16H31N3O2/c1-11(2)15(17)16(21)19-10-14(20)18-9-8-13-7-5-4-6-12(13)3/h11-13,15H,4-10,17H2,1-3H3,(H,18,20)(H,19,21)/t12?,13?,15-/m0/s1. The molecule has 0 bridgehead atoms. The van der Waals surface area contributed by atoms with Crippen molar-refractivity contribution in [3.63, 3.8) is 0 Å². The lowest BCUT2D eigenvalue weighted by Crippen LogP contribution is -2.47. The topological polar surface area (TPSA) is 84.2 Å². The number of carbonyl (C=O) groups is 2. The molecule has 2 unspecified atom stereocenters. The number of nitrogens with one attached hydrogen (secondary N) is 2. The van der Waals surface area contributed by atoms with Crippen molar-refractivity contribution in [1.29, 1.82) is 0 Å². The molecule has 2 amide bonds. The van der Waals surface area contributed by atoms with Gasteiger partial charge >= 0.3 is 0 Å². The van der Waals surface area contributed by atoms with Crippen LogP contribution in [0.1, 0.15) is 52.9 Å². The van der Waals surface area contributed by atoms with Crippen LogP contribution in [0.25, 0.3) is 0 Å². The summed E-state index contributed by atoms with van der Waals surface area (Å²) in [5, 5.41) is 5.46. The Bertz CT molecular complexity index is 344. The van der Waals surface area contributed by atoms with Gasteiger partial charge in [-0.2, -0.15) is 0 Å². The highest BCUT2D eigenvalue weighted by Crippen LogP contribution is 2.31. The van der Waals surface area contributed by atoms with E-state index in [0.717, 1.165) is 18.3 Å². The molecule has 0 saturated heterocycles. The van der Waals surface area contributed by atoms with Crippen molar-refractivity contribution in [3.8, 4) is 0 Å². The minimum atomic E-state index is -0.555. The molecule has 122 valence electrons. The van der Waals surface area contributed by atoms with E-state index in [1.807, 2.05) is 13.8 Å². The summed E-state index contributed by atoms with van der Waals surface area (Å²) in [6.45, 7) is 6.78. The Morgan fingerprint density at radius 1 is 1.19 bits per heavy atom. The fourth-order valence-corrected chi connectivity index (χ4v) is 2.87. The number of amides is 2. The lowest BCUT2D eigenvalue weighted by molar-refractivity contribution is -0.127. The number of nitrogens with two attached hydrogens (primary N) is 1. The highest BCUT2D eigenvalue weighted by Gasteiger charge is 2.21. The number of carbonyl (C=O) groups excluding carboxylic acids is 2. The maximum Gasteiger partial charge on any atom is 0.239 e. The summed E-state index contributed by atoms with van der Waals surface area (Å²) in [6, 6.07) is -0.555. The zero-order valence-electron chi connectivity index (χ0n) is 13.7. The molecule has 0 spiro atoms. The van der Waals surface area contributed by atoms with Crippen LogP contribution in [-0.4, -0.2) is 30.9 Å². The molecule has 1 aliphatic rings. The van der Waals surface area contributed by atoms with Gasteiger partial charge in [-0.15, -0.1) is 0 Å². The van der Waals surface area contributed by atoms with Crippen LogP contribution in [0.4, 0.5) is 0 Å². The smallest absolute Gasteiger partial charge is 0.239 e. The Morgan fingerprint density at radius 3 is 2.48 bits per heavy atom. The molecule has 5 nitrogen and oxygen atoms in total. The highest BCUT2D eigenvalue weighted by atomic mass is 16.2. The summed E-state index contributed by atoms with van der Waals surface area (Å²) in [4.78, 5) is 23.3. The second kappa shape index (κ2) is 9.03. The Hall–Kier alpha value is -1.10. The molecule has 0 aromatic carbocycles. The molecule has 1 saturated carbocycles. The second-order valence-corrected chi connectivity index (χ2v) is 6.65. The molecule has 1 aliphatic carbocycles. The molecule has 4 N–H and O–H groups in total. The van der Waals surface area contributed by atoms with Gasteiger partial charge in [-0.1, -0.05) is 46.5 Å². The van der Waals surface area contributed by atoms with Gasteiger partial charge in [0.2, 0.25) is 11.8 Å². The van der Waals surface area contributed by atoms with Gasteiger partial charge in [0.05, 0.1) is 12.6 Å². The van der Waals surface area contributed by atoms with Crippen LogP contribution in [0.2, 0.25) is 0 Å². The summed E-state index contributed by atoms with van der Waals surface area (Å²) >= 11 is 0. The predicted molar refractivity (Wildman–Crippen MR) is 84.6 cm³/mol. The summed E-state index contributed by atoms with van der Waals surface area (Å²) in [7, 11) is 0. The monoisotopic (exact) mass is 297 g/mol. The summed E-state index contributed by atoms with van der Waals surface area (Å²) < 4.78 is 0. The molecular weight excluding hydrogens is 266 g/mol. The van der Waals surface area contributed by atoms with Crippen molar-refractivity contribution in [1.82, 2.24) is 10.6 Å². The van der Waals surface area contributed by atoms with Gasteiger partial charge in [-0.25, -0.2) is 0 Å². The van der Waals surface area contributed by atoms with Crippen molar-refractivity contribution in [2.24, 2.45) is 23.5 Å². The Kier molecular flexibility index (Phi) is 7.72. The SMILES string of the molecule is CC1CCCCC1CCNC(=O)CNC(=O)[C@@H](N)C(C)C. The molecule has 0 radical (unpaired) electrons. The first kappa shape index (κ1) is 18.0. The van der Waals surface area contributed by atoms with Crippen molar-refractivity contribution >= 4 is 11.8 Å². The summed E-state index contributed by atoms with van der Waals surface area (Å²) in [5.41, 5.74) is 5.72. The summed E-state index contributed by atoms with van der Waals surface area (Å²) in [6.07, 6.45) is 6.27. The van der Waals surface area contributed by atoms with Crippen LogP contribution < -0.4 is 16.4 Å². The molecule has 0 aliphatic heterocycles. The Labute approximate surface area is 128 Å². The van der Waals surface area contributed by atoms with Gasteiger partial charge in [0.15, 0.2) is 0 Å². The minimum absolute atomic E-state index is 0.0134. The molecule has 0 aromatic heterocycles. The molecule has 3 atom stereocenters. The van der Waals surface area contributed by atoms with E-state index in [9.17, 15) is 9.59 Å². The zero-order chi connectivity index (χ0) is 15.8. The van der Waals surface area contributed by atoms with Gasteiger partial charge in [0.1, 0.15) is 0 Å². The first-order chi connectivity index (χ1) is 9.91. The predicted octanol–water partition coefficient (Wildman–Crippen LogP) is 1.42. The maximum atomic E-state index is 11.7. The average Bonchev–Trinajstić information content (AvgIpc) is 2.45. The molecule has 1 rings (SSSR count). The van der Waals surface area contributed by atoms with E-state index in [1.165, 1.54) is 25.7 Å². The maximum absolute atomic E-state index is 11.7. The third kappa shape index (κ3) is 6.46. The van der Waals surface area contributed by atoms with Gasteiger partial charge < -0.3 is 16.4 Å².